The Morgan fingerprint density at radius 2 is 2.47 bits per heavy atom. The van der Waals surface area contributed by atoms with Crippen LogP contribution >= 0.6 is 11.8 Å². The van der Waals surface area contributed by atoms with Crippen LogP contribution in [0.25, 0.3) is 0 Å². The number of methoxy groups -OCH3 is 1. The van der Waals surface area contributed by atoms with Crippen LogP contribution in [0.2, 0.25) is 0 Å². The standard InChI is InChI=1S/C9H13N3O4S/c1-16-4-6(7(13)14)17-9-11-10-8(15)12(9)5-2-3-5/h5-6H,2-4H2,1H3,(H,10,15)(H,13,14). The predicted molar refractivity (Wildman–Crippen MR) is 60.3 cm³/mol. The first-order valence-corrected chi connectivity index (χ1v) is 6.06. The van der Waals surface area contributed by atoms with E-state index >= 15 is 0 Å². The lowest BCUT2D eigenvalue weighted by Crippen LogP contribution is -2.23. The average molecular weight is 259 g/mol. The van der Waals surface area contributed by atoms with E-state index in [9.17, 15) is 9.59 Å². The molecule has 1 aromatic heterocycles. The maximum atomic E-state index is 11.5. The number of hydrogen-bond donors (Lipinski definition) is 2. The van der Waals surface area contributed by atoms with Crippen molar-refractivity contribution in [1.82, 2.24) is 14.8 Å². The van der Waals surface area contributed by atoms with Crippen LogP contribution < -0.4 is 5.69 Å². The maximum Gasteiger partial charge on any atom is 0.344 e. The highest BCUT2D eigenvalue weighted by atomic mass is 32.2. The smallest absolute Gasteiger partial charge is 0.344 e. The Labute approximate surface area is 101 Å². The molecule has 1 heterocycles. The zero-order valence-corrected chi connectivity index (χ0v) is 10.1. The Bertz CT molecular complexity index is 465. The third-order valence-electron chi connectivity index (χ3n) is 2.43. The number of ether oxygens (including phenoxy) is 1. The monoisotopic (exact) mass is 259 g/mol. The topological polar surface area (TPSA) is 97.2 Å². The van der Waals surface area contributed by atoms with E-state index in [0.29, 0.717) is 5.16 Å². The van der Waals surface area contributed by atoms with Crippen molar-refractivity contribution in [3.8, 4) is 0 Å². The molecule has 1 aliphatic rings. The van der Waals surface area contributed by atoms with Crippen molar-refractivity contribution in [1.29, 1.82) is 0 Å². The van der Waals surface area contributed by atoms with Gasteiger partial charge in [0.05, 0.1) is 6.61 Å². The largest absolute Gasteiger partial charge is 0.480 e. The minimum atomic E-state index is -0.977. The van der Waals surface area contributed by atoms with Gasteiger partial charge in [-0.05, 0) is 12.8 Å². The van der Waals surface area contributed by atoms with Gasteiger partial charge in [-0.2, -0.15) is 0 Å². The number of carboxylic acid groups (broad SMARTS) is 1. The van der Waals surface area contributed by atoms with E-state index in [1.165, 1.54) is 11.7 Å². The molecular weight excluding hydrogens is 246 g/mol. The molecule has 0 amide bonds. The van der Waals surface area contributed by atoms with Crippen molar-refractivity contribution in [2.75, 3.05) is 13.7 Å². The van der Waals surface area contributed by atoms with Gasteiger partial charge in [0.15, 0.2) is 5.16 Å². The molecule has 0 aliphatic heterocycles. The summed E-state index contributed by atoms with van der Waals surface area (Å²) in [5.74, 6) is -0.977. The Kier molecular flexibility index (Phi) is 3.53. The van der Waals surface area contributed by atoms with Crippen LogP contribution in [0.15, 0.2) is 9.95 Å². The summed E-state index contributed by atoms with van der Waals surface area (Å²) in [5.41, 5.74) is -0.281. The number of aromatic amines is 1. The van der Waals surface area contributed by atoms with Gasteiger partial charge < -0.3 is 9.84 Å². The van der Waals surface area contributed by atoms with E-state index in [1.807, 2.05) is 0 Å². The molecule has 17 heavy (non-hydrogen) atoms. The van der Waals surface area contributed by atoms with E-state index in [2.05, 4.69) is 10.2 Å². The molecule has 1 unspecified atom stereocenters. The third-order valence-corrected chi connectivity index (χ3v) is 3.55. The van der Waals surface area contributed by atoms with Crippen molar-refractivity contribution >= 4 is 17.7 Å². The number of thioether (sulfide) groups is 1. The van der Waals surface area contributed by atoms with E-state index in [-0.39, 0.29) is 18.3 Å². The van der Waals surface area contributed by atoms with Crippen LogP contribution in [-0.2, 0) is 9.53 Å². The number of carboxylic acids is 1. The zero-order chi connectivity index (χ0) is 12.4. The number of nitrogens with one attached hydrogen (secondary N) is 1. The van der Waals surface area contributed by atoms with Crippen molar-refractivity contribution in [3.63, 3.8) is 0 Å². The van der Waals surface area contributed by atoms with Gasteiger partial charge in [-0.3, -0.25) is 9.36 Å². The van der Waals surface area contributed by atoms with Crippen molar-refractivity contribution in [2.45, 2.75) is 29.3 Å². The molecule has 1 saturated carbocycles. The van der Waals surface area contributed by atoms with E-state index < -0.39 is 11.2 Å². The van der Waals surface area contributed by atoms with E-state index in [4.69, 9.17) is 9.84 Å². The lowest BCUT2D eigenvalue weighted by Gasteiger charge is -2.10. The average Bonchev–Trinajstić information content (AvgIpc) is 3.04. The lowest BCUT2D eigenvalue weighted by atomic mass is 10.5. The van der Waals surface area contributed by atoms with E-state index in [1.54, 1.807) is 0 Å². The van der Waals surface area contributed by atoms with E-state index in [0.717, 1.165) is 24.6 Å². The Hall–Kier alpha value is -1.28. The summed E-state index contributed by atoms with van der Waals surface area (Å²) in [6, 6.07) is 0.167. The van der Waals surface area contributed by atoms with Crippen molar-refractivity contribution < 1.29 is 14.6 Å². The number of aromatic nitrogens is 3. The van der Waals surface area contributed by atoms with Crippen molar-refractivity contribution in [2.24, 2.45) is 0 Å². The number of aliphatic carboxylic acids is 1. The summed E-state index contributed by atoms with van der Waals surface area (Å²) in [7, 11) is 1.44. The van der Waals surface area contributed by atoms with Gasteiger partial charge in [-0.1, -0.05) is 11.8 Å². The molecule has 1 atom stereocenters. The fourth-order valence-electron chi connectivity index (χ4n) is 1.46. The molecule has 94 valence electrons. The minimum absolute atomic E-state index is 0.0751. The molecule has 0 bridgehead atoms. The molecule has 2 N–H and O–H groups in total. The zero-order valence-electron chi connectivity index (χ0n) is 9.25. The number of hydrogen-bond acceptors (Lipinski definition) is 5. The summed E-state index contributed by atoms with van der Waals surface area (Å²) < 4.78 is 6.36. The molecular formula is C9H13N3O4S. The Morgan fingerprint density at radius 1 is 1.76 bits per heavy atom. The molecule has 0 spiro atoms. The first-order valence-electron chi connectivity index (χ1n) is 5.18. The highest BCUT2D eigenvalue weighted by molar-refractivity contribution is 8.00. The van der Waals surface area contributed by atoms with Gasteiger partial charge in [0.1, 0.15) is 5.25 Å². The number of H-pyrrole nitrogens is 1. The number of nitrogens with zero attached hydrogens (tertiary/aromatic N) is 2. The summed E-state index contributed by atoms with van der Waals surface area (Å²) in [5, 5.41) is 14.9. The third kappa shape index (κ3) is 2.70. The molecule has 1 aliphatic carbocycles. The highest BCUT2D eigenvalue weighted by Gasteiger charge is 2.30. The van der Waals surface area contributed by atoms with Gasteiger partial charge in [0.2, 0.25) is 0 Å². The van der Waals surface area contributed by atoms with Gasteiger partial charge in [-0.15, -0.1) is 5.10 Å². The highest BCUT2D eigenvalue weighted by Crippen LogP contribution is 2.36. The SMILES string of the molecule is COCC(Sc1n[nH]c(=O)n1C1CC1)C(=O)O. The lowest BCUT2D eigenvalue weighted by molar-refractivity contribution is -0.137. The Balaban J connectivity index is 2.16. The minimum Gasteiger partial charge on any atom is -0.480 e. The van der Waals surface area contributed by atoms with Crippen molar-refractivity contribution in [3.05, 3.63) is 10.5 Å². The summed E-state index contributed by atoms with van der Waals surface area (Å²) >= 11 is 1.03. The normalized spacial score (nSPS) is 17.0. The molecule has 0 saturated heterocycles. The van der Waals surface area contributed by atoms with Crippen LogP contribution in [0, 0.1) is 0 Å². The first-order chi connectivity index (χ1) is 8.13. The molecule has 1 aromatic rings. The van der Waals surface area contributed by atoms with Crippen LogP contribution in [0.5, 0.6) is 0 Å². The molecule has 7 nitrogen and oxygen atoms in total. The summed E-state index contributed by atoms with van der Waals surface area (Å²) in [6.45, 7) is 0.0751. The summed E-state index contributed by atoms with van der Waals surface area (Å²) in [6.07, 6.45) is 1.88. The molecule has 0 radical (unpaired) electrons. The second-order valence-corrected chi connectivity index (χ2v) is 4.98. The Morgan fingerprint density at radius 3 is 3.00 bits per heavy atom. The van der Waals surface area contributed by atoms with Gasteiger partial charge in [0, 0.05) is 13.2 Å². The van der Waals surface area contributed by atoms with Crippen LogP contribution in [0.1, 0.15) is 18.9 Å². The first kappa shape index (κ1) is 12.2. The fourth-order valence-corrected chi connectivity index (χ4v) is 2.47. The van der Waals surface area contributed by atoms with Crippen LogP contribution in [0.3, 0.4) is 0 Å². The van der Waals surface area contributed by atoms with Gasteiger partial charge in [-0.25, -0.2) is 9.89 Å². The molecule has 8 heteroatoms. The van der Waals surface area contributed by atoms with Crippen LogP contribution in [-0.4, -0.2) is 44.8 Å². The second kappa shape index (κ2) is 4.92. The molecule has 2 rings (SSSR count). The predicted octanol–water partition coefficient (Wildman–Crippen LogP) is 0.0980. The summed E-state index contributed by atoms with van der Waals surface area (Å²) in [4.78, 5) is 22.5. The quantitative estimate of drug-likeness (QED) is 0.703. The maximum absolute atomic E-state index is 11.5. The number of carbonyl (C=O) groups is 1. The second-order valence-electron chi connectivity index (χ2n) is 3.81. The van der Waals surface area contributed by atoms with Gasteiger partial charge in [0.25, 0.3) is 0 Å². The molecule has 1 fully saturated rings. The molecule has 0 aromatic carbocycles. The van der Waals surface area contributed by atoms with Gasteiger partial charge >= 0.3 is 11.7 Å². The van der Waals surface area contributed by atoms with Crippen LogP contribution in [0.4, 0.5) is 0 Å². The fraction of sp³-hybridized carbons (Fsp3) is 0.667. The number of rotatable bonds is 6.